The Hall–Kier alpha value is -1.95. The van der Waals surface area contributed by atoms with Gasteiger partial charge in [0.1, 0.15) is 0 Å². The van der Waals surface area contributed by atoms with Gasteiger partial charge in [-0.15, -0.1) is 6.58 Å². The lowest BCUT2D eigenvalue weighted by atomic mass is 10.1. The molecule has 0 aliphatic heterocycles. The highest BCUT2D eigenvalue weighted by molar-refractivity contribution is 9.10. The molecule has 1 fully saturated rings. The van der Waals surface area contributed by atoms with E-state index in [1.165, 1.54) is 5.56 Å². The fourth-order valence-corrected chi connectivity index (χ4v) is 2.80. The van der Waals surface area contributed by atoms with Crippen molar-refractivity contribution < 1.29 is 4.79 Å². The Labute approximate surface area is 131 Å². The predicted octanol–water partition coefficient (Wildman–Crippen LogP) is 2.97. The monoisotopic (exact) mass is 346 g/mol. The number of hydrogen-bond donors (Lipinski definition) is 1. The van der Waals surface area contributed by atoms with Crippen LogP contribution < -0.4 is 5.32 Å². The Bertz CT molecular complexity index is 668. The largest absolute Gasteiger partial charge is 0.308 e. The average molecular weight is 347 g/mol. The molecule has 5 nitrogen and oxygen atoms in total. The summed E-state index contributed by atoms with van der Waals surface area (Å²) in [5, 5.41) is 7.19. The standard InChI is InChI=1S/C15H15BrN4O/c1-2-7-20-9-13(16)14(19-20)18-15(21)12-8-11(12)10-3-5-17-6-4-10/h2-6,9,11-12H,1,7-8H2,(H,18,19,21)/t11-,12+/m0/s1. The van der Waals surface area contributed by atoms with Gasteiger partial charge in [-0.2, -0.15) is 5.10 Å². The predicted molar refractivity (Wildman–Crippen MR) is 83.8 cm³/mol. The first kappa shape index (κ1) is 14.0. The molecule has 2 aromatic rings. The molecule has 0 spiro atoms. The van der Waals surface area contributed by atoms with Gasteiger partial charge < -0.3 is 5.32 Å². The molecule has 108 valence electrons. The Kier molecular flexibility index (Phi) is 3.88. The van der Waals surface area contributed by atoms with E-state index in [2.05, 4.69) is 37.9 Å². The number of allylic oxidation sites excluding steroid dienone is 1. The molecule has 2 heterocycles. The summed E-state index contributed by atoms with van der Waals surface area (Å²) < 4.78 is 2.50. The number of rotatable bonds is 5. The van der Waals surface area contributed by atoms with Crippen molar-refractivity contribution in [3.05, 3.63) is 53.4 Å². The number of amides is 1. The quantitative estimate of drug-likeness (QED) is 0.846. The van der Waals surface area contributed by atoms with Crippen molar-refractivity contribution in [1.82, 2.24) is 14.8 Å². The summed E-state index contributed by atoms with van der Waals surface area (Å²) >= 11 is 3.40. The van der Waals surface area contributed by atoms with Crippen LogP contribution in [0.5, 0.6) is 0 Å². The van der Waals surface area contributed by atoms with Gasteiger partial charge in [-0.1, -0.05) is 6.08 Å². The normalized spacial score (nSPS) is 20.0. The minimum absolute atomic E-state index is 0.0152. The summed E-state index contributed by atoms with van der Waals surface area (Å²) in [6.45, 7) is 4.28. The molecule has 0 unspecified atom stereocenters. The molecule has 2 aromatic heterocycles. The fraction of sp³-hybridized carbons (Fsp3) is 0.267. The minimum Gasteiger partial charge on any atom is -0.308 e. The first-order valence-electron chi connectivity index (χ1n) is 6.73. The lowest BCUT2D eigenvalue weighted by molar-refractivity contribution is -0.117. The van der Waals surface area contributed by atoms with Crippen LogP contribution in [0.25, 0.3) is 0 Å². The van der Waals surface area contributed by atoms with Crippen molar-refractivity contribution in [2.75, 3.05) is 5.32 Å². The molecule has 0 saturated heterocycles. The smallest absolute Gasteiger partial charge is 0.229 e. The molecular weight excluding hydrogens is 332 g/mol. The van der Waals surface area contributed by atoms with Gasteiger partial charge in [0.05, 0.1) is 11.0 Å². The van der Waals surface area contributed by atoms with Crippen LogP contribution in [0.3, 0.4) is 0 Å². The van der Waals surface area contributed by atoms with Gasteiger partial charge in [0.25, 0.3) is 0 Å². The maximum absolute atomic E-state index is 12.3. The van der Waals surface area contributed by atoms with Gasteiger partial charge in [-0.05, 0) is 46.0 Å². The first-order valence-corrected chi connectivity index (χ1v) is 7.53. The van der Waals surface area contributed by atoms with Crippen molar-refractivity contribution in [2.24, 2.45) is 5.92 Å². The van der Waals surface area contributed by atoms with Crippen LogP contribution in [0.4, 0.5) is 5.82 Å². The van der Waals surface area contributed by atoms with E-state index in [1.54, 1.807) is 23.2 Å². The van der Waals surface area contributed by atoms with Crippen molar-refractivity contribution >= 4 is 27.7 Å². The summed E-state index contributed by atoms with van der Waals surface area (Å²) in [7, 11) is 0. The third-order valence-corrected chi connectivity index (χ3v) is 4.12. The lowest BCUT2D eigenvalue weighted by Gasteiger charge is -2.02. The molecule has 0 bridgehead atoms. The first-order chi connectivity index (χ1) is 10.2. The summed E-state index contributed by atoms with van der Waals surface area (Å²) in [6.07, 6.45) is 7.98. The van der Waals surface area contributed by atoms with Gasteiger partial charge >= 0.3 is 0 Å². The summed E-state index contributed by atoms with van der Waals surface area (Å²) in [5.74, 6) is 0.884. The van der Waals surface area contributed by atoms with Crippen LogP contribution in [0, 0.1) is 5.92 Å². The Morgan fingerprint density at radius 1 is 1.52 bits per heavy atom. The molecule has 3 rings (SSSR count). The molecule has 6 heteroatoms. The zero-order valence-corrected chi connectivity index (χ0v) is 13.0. The molecule has 1 aliphatic rings. The number of nitrogens with one attached hydrogen (secondary N) is 1. The Morgan fingerprint density at radius 3 is 3.00 bits per heavy atom. The second-order valence-corrected chi connectivity index (χ2v) is 5.91. The number of pyridine rings is 1. The van der Waals surface area contributed by atoms with Gasteiger partial charge in [-0.3, -0.25) is 14.5 Å². The fourth-order valence-electron chi connectivity index (χ4n) is 2.38. The maximum Gasteiger partial charge on any atom is 0.229 e. The molecule has 21 heavy (non-hydrogen) atoms. The topological polar surface area (TPSA) is 59.8 Å². The SMILES string of the molecule is C=CCn1cc(Br)c(NC(=O)[C@@H]2C[C@H]2c2ccncc2)n1. The molecule has 1 aliphatic carbocycles. The highest BCUT2D eigenvalue weighted by atomic mass is 79.9. The molecule has 0 aromatic carbocycles. The molecule has 2 atom stereocenters. The Balaban J connectivity index is 1.64. The van der Waals surface area contributed by atoms with Gasteiger partial charge in [0.2, 0.25) is 5.91 Å². The van der Waals surface area contributed by atoms with Crippen LogP contribution in [-0.2, 0) is 11.3 Å². The van der Waals surface area contributed by atoms with Crippen molar-refractivity contribution in [3.63, 3.8) is 0 Å². The number of aromatic nitrogens is 3. The van der Waals surface area contributed by atoms with Crippen LogP contribution in [-0.4, -0.2) is 20.7 Å². The molecular formula is C15H15BrN4O. The number of hydrogen-bond acceptors (Lipinski definition) is 3. The van der Waals surface area contributed by atoms with E-state index < -0.39 is 0 Å². The van der Waals surface area contributed by atoms with E-state index in [-0.39, 0.29) is 11.8 Å². The van der Waals surface area contributed by atoms with E-state index in [0.717, 1.165) is 10.9 Å². The van der Waals surface area contributed by atoms with Crippen LogP contribution in [0.2, 0.25) is 0 Å². The molecule has 0 radical (unpaired) electrons. The Morgan fingerprint density at radius 2 is 2.29 bits per heavy atom. The second-order valence-electron chi connectivity index (χ2n) is 5.05. The zero-order valence-electron chi connectivity index (χ0n) is 11.4. The van der Waals surface area contributed by atoms with Gasteiger partial charge in [0.15, 0.2) is 5.82 Å². The van der Waals surface area contributed by atoms with Crippen LogP contribution in [0.1, 0.15) is 17.9 Å². The highest BCUT2D eigenvalue weighted by Gasteiger charge is 2.44. The van der Waals surface area contributed by atoms with Crippen LogP contribution in [0.15, 0.2) is 47.9 Å². The van der Waals surface area contributed by atoms with E-state index in [1.807, 2.05) is 18.3 Å². The van der Waals surface area contributed by atoms with Gasteiger partial charge in [0, 0.05) is 24.5 Å². The van der Waals surface area contributed by atoms with Gasteiger partial charge in [-0.25, -0.2) is 0 Å². The third kappa shape index (κ3) is 3.05. The summed E-state index contributed by atoms with van der Waals surface area (Å²) in [6, 6.07) is 3.93. The highest BCUT2D eigenvalue weighted by Crippen LogP contribution is 2.47. The average Bonchev–Trinajstić information content (AvgIpc) is 3.21. The number of carbonyl (C=O) groups is 1. The van der Waals surface area contributed by atoms with E-state index in [0.29, 0.717) is 18.3 Å². The van der Waals surface area contributed by atoms with Crippen LogP contribution >= 0.6 is 15.9 Å². The number of nitrogens with zero attached hydrogens (tertiary/aromatic N) is 3. The number of anilines is 1. The van der Waals surface area contributed by atoms with E-state index >= 15 is 0 Å². The molecule has 1 saturated carbocycles. The number of halogens is 1. The summed E-state index contributed by atoms with van der Waals surface area (Å²) in [5.41, 5.74) is 1.17. The van der Waals surface area contributed by atoms with E-state index in [4.69, 9.17) is 0 Å². The minimum atomic E-state index is 0.0152. The second kappa shape index (κ2) is 5.81. The number of carbonyl (C=O) groups excluding carboxylic acids is 1. The van der Waals surface area contributed by atoms with E-state index in [9.17, 15) is 4.79 Å². The maximum atomic E-state index is 12.3. The van der Waals surface area contributed by atoms with Crippen molar-refractivity contribution in [2.45, 2.75) is 18.9 Å². The van der Waals surface area contributed by atoms with Crippen molar-refractivity contribution in [1.29, 1.82) is 0 Å². The third-order valence-electron chi connectivity index (χ3n) is 3.54. The molecule has 1 amide bonds. The zero-order chi connectivity index (χ0) is 14.8. The van der Waals surface area contributed by atoms with Crippen molar-refractivity contribution in [3.8, 4) is 0 Å². The summed E-state index contributed by atoms with van der Waals surface area (Å²) in [4.78, 5) is 16.3. The molecule has 1 N–H and O–H groups in total. The lowest BCUT2D eigenvalue weighted by Crippen LogP contribution is -2.15.